The minimum atomic E-state index is -0.523. The Hall–Kier alpha value is -1.42. The van der Waals surface area contributed by atoms with E-state index in [2.05, 4.69) is 0 Å². The van der Waals surface area contributed by atoms with Crippen molar-refractivity contribution in [1.82, 2.24) is 0 Å². The maximum absolute atomic E-state index is 13.7. The van der Waals surface area contributed by atoms with Gasteiger partial charge < -0.3 is 10.5 Å². The molecule has 0 saturated carbocycles. The molecule has 0 aliphatic rings. The lowest BCUT2D eigenvalue weighted by Gasteiger charge is -2.09. The summed E-state index contributed by atoms with van der Waals surface area (Å²) < 4.78 is 18.5. The van der Waals surface area contributed by atoms with Crippen molar-refractivity contribution in [2.24, 2.45) is 5.73 Å². The van der Waals surface area contributed by atoms with E-state index in [0.29, 0.717) is 12.0 Å². The number of carbonyl (C=O) groups is 1. The van der Waals surface area contributed by atoms with Crippen LogP contribution < -0.4 is 10.5 Å². The second-order valence-electron chi connectivity index (χ2n) is 3.59. The van der Waals surface area contributed by atoms with Gasteiger partial charge in [0.05, 0.1) is 13.2 Å². The summed E-state index contributed by atoms with van der Waals surface area (Å²) in [5.41, 5.74) is 5.91. The van der Waals surface area contributed by atoms with Crippen LogP contribution in [-0.4, -0.2) is 18.9 Å². The predicted octanol–water partition coefficient (Wildman–Crippen LogP) is 1.68. The summed E-state index contributed by atoms with van der Waals surface area (Å²) in [6.45, 7) is 1.82. The smallest absolute Gasteiger partial charge is 0.168 e. The monoisotopic (exact) mass is 225 g/mol. The highest BCUT2D eigenvalue weighted by molar-refractivity contribution is 5.85. The minimum Gasteiger partial charge on any atom is -0.494 e. The number of hydrogen-bond donors (Lipinski definition) is 1. The number of hydrogen-bond acceptors (Lipinski definition) is 3. The van der Waals surface area contributed by atoms with Crippen LogP contribution in [0.4, 0.5) is 4.39 Å². The molecule has 1 aromatic rings. The zero-order valence-electron chi connectivity index (χ0n) is 9.50. The fourth-order valence-electron chi connectivity index (χ4n) is 1.40. The molecule has 1 aromatic carbocycles. The lowest BCUT2D eigenvalue weighted by atomic mass is 10.0. The molecule has 0 aromatic heterocycles. The highest BCUT2D eigenvalue weighted by Gasteiger charge is 2.16. The van der Waals surface area contributed by atoms with Crippen LogP contribution >= 0.6 is 0 Å². The third-order valence-corrected chi connectivity index (χ3v) is 2.48. The molecular formula is C12H16FNO2. The first-order valence-corrected chi connectivity index (χ1v) is 5.19. The Bertz CT molecular complexity index is 379. The normalized spacial score (nSPS) is 12.2. The molecule has 4 heteroatoms. The Kier molecular flexibility index (Phi) is 4.43. The van der Waals surface area contributed by atoms with Gasteiger partial charge in [0, 0.05) is 6.42 Å². The van der Waals surface area contributed by atoms with E-state index in [1.807, 2.05) is 6.92 Å². The van der Waals surface area contributed by atoms with Gasteiger partial charge in [-0.1, -0.05) is 19.1 Å². The topological polar surface area (TPSA) is 52.3 Å². The molecule has 16 heavy (non-hydrogen) atoms. The van der Waals surface area contributed by atoms with Gasteiger partial charge in [-0.3, -0.25) is 4.79 Å². The Morgan fingerprint density at radius 3 is 2.81 bits per heavy atom. The SMILES string of the molecule is CCC(N)C(=O)Cc1cccc(OC)c1F. The van der Waals surface area contributed by atoms with Crippen molar-refractivity contribution >= 4 is 5.78 Å². The van der Waals surface area contributed by atoms with Crippen LogP contribution in [0.2, 0.25) is 0 Å². The molecule has 2 N–H and O–H groups in total. The van der Waals surface area contributed by atoms with Crippen LogP contribution in [0.15, 0.2) is 18.2 Å². The fraction of sp³-hybridized carbons (Fsp3) is 0.417. The third kappa shape index (κ3) is 2.79. The summed E-state index contributed by atoms with van der Waals surface area (Å²) in [5.74, 6) is -0.494. The summed E-state index contributed by atoms with van der Waals surface area (Å²) in [6, 6.07) is 4.22. The summed E-state index contributed by atoms with van der Waals surface area (Å²) in [4.78, 5) is 11.6. The Labute approximate surface area is 94.4 Å². The molecule has 88 valence electrons. The zero-order valence-corrected chi connectivity index (χ0v) is 9.50. The van der Waals surface area contributed by atoms with Crippen molar-refractivity contribution in [2.45, 2.75) is 25.8 Å². The van der Waals surface area contributed by atoms with Gasteiger partial charge in [-0.15, -0.1) is 0 Å². The highest BCUT2D eigenvalue weighted by atomic mass is 19.1. The number of nitrogens with two attached hydrogens (primary N) is 1. The predicted molar refractivity (Wildman–Crippen MR) is 59.9 cm³/mol. The van der Waals surface area contributed by atoms with Gasteiger partial charge in [-0.2, -0.15) is 0 Å². The van der Waals surface area contributed by atoms with E-state index in [1.165, 1.54) is 13.2 Å². The van der Waals surface area contributed by atoms with Gasteiger partial charge in [0.15, 0.2) is 17.3 Å². The molecule has 0 amide bonds. The number of rotatable bonds is 5. The first kappa shape index (κ1) is 12.6. The molecule has 1 atom stereocenters. The second-order valence-corrected chi connectivity index (χ2v) is 3.59. The number of carbonyl (C=O) groups excluding carboxylic acids is 1. The third-order valence-electron chi connectivity index (χ3n) is 2.48. The molecule has 0 heterocycles. The molecule has 3 nitrogen and oxygen atoms in total. The van der Waals surface area contributed by atoms with Crippen LogP contribution in [0.5, 0.6) is 5.75 Å². The average molecular weight is 225 g/mol. The molecule has 0 radical (unpaired) electrons. The van der Waals surface area contributed by atoms with Gasteiger partial charge in [-0.05, 0) is 18.1 Å². The summed E-state index contributed by atoms with van der Waals surface area (Å²) >= 11 is 0. The molecule has 1 unspecified atom stereocenters. The van der Waals surface area contributed by atoms with Gasteiger partial charge in [-0.25, -0.2) is 4.39 Å². The van der Waals surface area contributed by atoms with Crippen LogP contribution in [-0.2, 0) is 11.2 Å². The van der Waals surface area contributed by atoms with Gasteiger partial charge in [0.25, 0.3) is 0 Å². The Morgan fingerprint density at radius 2 is 2.25 bits per heavy atom. The van der Waals surface area contributed by atoms with E-state index < -0.39 is 11.9 Å². The van der Waals surface area contributed by atoms with E-state index >= 15 is 0 Å². The van der Waals surface area contributed by atoms with E-state index in [4.69, 9.17) is 10.5 Å². The maximum atomic E-state index is 13.7. The second kappa shape index (κ2) is 5.61. The zero-order chi connectivity index (χ0) is 12.1. The average Bonchev–Trinajstić information content (AvgIpc) is 2.30. The molecule has 1 rings (SSSR count). The summed E-state index contributed by atoms with van der Waals surface area (Å²) in [6.07, 6.45) is 0.572. The molecule has 0 aliphatic heterocycles. The fourth-order valence-corrected chi connectivity index (χ4v) is 1.40. The number of ether oxygens (including phenoxy) is 1. The minimum absolute atomic E-state index is 0.0119. The van der Waals surface area contributed by atoms with Gasteiger partial charge in [0.1, 0.15) is 0 Å². The van der Waals surface area contributed by atoms with Crippen molar-refractivity contribution in [3.05, 3.63) is 29.6 Å². The standard InChI is InChI=1S/C12H16FNO2/c1-3-9(14)10(15)7-8-5-4-6-11(16-2)12(8)13/h4-6,9H,3,7,14H2,1-2H3. The quantitative estimate of drug-likeness (QED) is 0.829. The highest BCUT2D eigenvalue weighted by Crippen LogP contribution is 2.20. The largest absolute Gasteiger partial charge is 0.494 e. The number of methoxy groups -OCH3 is 1. The number of Topliss-reactive ketones (excluding diaryl/α,β-unsaturated/α-hetero) is 1. The molecule has 0 spiro atoms. The van der Waals surface area contributed by atoms with E-state index in [0.717, 1.165) is 0 Å². The van der Waals surface area contributed by atoms with Crippen molar-refractivity contribution in [2.75, 3.05) is 7.11 Å². The van der Waals surface area contributed by atoms with Crippen molar-refractivity contribution in [3.8, 4) is 5.75 Å². The van der Waals surface area contributed by atoms with Gasteiger partial charge >= 0.3 is 0 Å². The molecule has 0 aliphatic carbocycles. The van der Waals surface area contributed by atoms with Crippen LogP contribution in [0.1, 0.15) is 18.9 Å². The van der Waals surface area contributed by atoms with Crippen molar-refractivity contribution in [1.29, 1.82) is 0 Å². The molecule has 0 bridgehead atoms. The Morgan fingerprint density at radius 1 is 1.56 bits per heavy atom. The van der Waals surface area contributed by atoms with Crippen molar-refractivity contribution in [3.63, 3.8) is 0 Å². The lowest BCUT2D eigenvalue weighted by molar-refractivity contribution is -0.119. The van der Waals surface area contributed by atoms with Crippen LogP contribution in [0.3, 0.4) is 0 Å². The first-order chi connectivity index (χ1) is 7.60. The number of ketones is 1. The number of benzene rings is 1. The van der Waals surface area contributed by atoms with Crippen molar-refractivity contribution < 1.29 is 13.9 Å². The number of halogens is 1. The van der Waals surface area contributed by atoms with E-state index in [9.17, 15) is 9.18 Å². The van der Waals surface area contributed by atoms with Gasteiger partial charge in [0.2, 0.25) is 0 Å². The molecule has 0 fully saturated rings. The summed E-state index contributed by atoms with van der Waals surface area (Å²) in [7, 11) is 1.39. The van der Waals surface area contributed by atoms with E-state index in [1.54, 1.807) is 12.1 Å². The van der Waals surface area contributed by atoms with Crippen LogP contribution in [0, 0.1) is 5.82 Å². The first-order valence-electron chi connectivity index (χ1n) is 5.19. The summed E-state index contributed by atoms with van der Waals surface area (Å²) in [5, 5.41) is 0. The van der Waals surface area contributed by atoms with E-state index in [-0.39, 0.29) is 18.0 Å². The lowest BCUT2D eigenvalue weighted by Crippen LogP contribution is -2.31. The molecule has 0 saturated heterocycles. The molecular weight excluding hydrogens is 209 g/mol. The van der Waals surface area contributed by atoms with Crippen LogP contribution in [0.25, 0.3) is 0 Å². The Balaban J connectivity index is 2.85. The maximum Gasteiger partial charge on any atom is 0.168 e.